The summed E-state index contributed by atoms with van der Waals surface area (Å²) in [7, 11) is 0. The van der Waals surface area contributed by atoms with Crippen LogP contribution in [0.3, 0.4) is 0 Å². The van der Waals surface area contributed by atoms with Crippen LogP contribution in [0.4, 0.5) is 11.8 Å². The normalized spacial score (nSPS) is 19.8. The molecule has 2 fully saturated rings. The maximum absolute atomic E-state index is 6.14. The van der Waals surface area contributed by atoms with Crippen molar-refractivity contribution < 1.29 is 4.74 Å². The van der Waals surface area contributed by atoms with Crippen molar-refractivity contribution in [3.8, 4) is 0 Å². The number of likely N-dealkylation sites (tertiary alicyclic amines) is 1. The highest BCUT2D eigenvalue weighted by molar-refractivity contribution is 5.89. The Bertz CT molecular complexity index is 818. The second kappa shape index (κ2) is 7.56. The summed E-state index contributed by atoms with van der Waals surface area (Å²) in [5, 5.41) is 4.17. The number of nitrogens with two attached hydrogens (primary N) is 1. The molecule has 0 amide bonds. The van der Waals surface area contributed by atoms with Gasteiger partial charge in [-0.2, -0.15) is 9.97 Å². The molecular formula is C20H30N6O. The lowest BCUT2D eigenvalue weighted by atomic mass is 9.80. The SMILES string of the molecule is Cc1cc(C)c2c(N)nc(NCCCN3CCC4(CCOCC4)C3)nc2n1. The number of nitrogens with zero attached hydrogens (tertiary/aromatic N) is 4. The molecule has 0 radical (unpaired) electrons. The van der Waals surface area contributed by atoms with Crippen LogP contribution in [0, 0.1) is 19.3 Å². The van der Waals surface area contributed by atoms with Gasteiger partial charge in [-0.05, 0) is 69.7 Å². The minimum atomic E-state index is 0.494. The van der Waals surface area contributed by atoms with Gasteiger partial charge < -0.3 is 20.7 Å². The van der Waals surface area contributed by atoms with Crippen molar-refractivity contribution >= 4 is 22.8 Å². The van der Waals surface area contributed by atoms with Gasteiger partial charge in [-0.1, -0.05) is 0 Å². The summed E-state index contributed by atoms with van der Waals surface area (Å²) in [6.45, 7) is 10.2. The molecule has 3 N–H and O–H groups in total. The fourth-order valence-electron chi connectivity index (χ4n) is 4.52. The van der Waals surface area contributed by atoms with Crippen molar-refractivity contribution in [2.45, 2.75) is 39.5 Å². The first-order chi connectivity index (χ1) is 13.0. The second-order valence-electron chi connectivity index (χ2n) is 8.13. The number of rotatable bonds is 5. The van der Waals surface area contributed by atoms with E-state index >= 15 is 0 Å². The molecule has 2 aliphatic heterocycles. The summed E-state index contributed by atoms with van der Waals surface area (Å²) < 4.78 is 5.54. The fraction of sp³-hybridized carbons (Fsp3) is 0.650. The molecule has 7 heteroatoms. The van der Waals surface area contributed by atoms with Crippen LogP contribution in [0.2, 0.25) is 0 Å². The second-order valence-corrected chi connectivity index (χ2v) is 8.13. The summed E-state index contributed by atoms with van der Waals surface area (Å²) in [6.07, 6.45) is 4.82. The molecule has 2 aliphatic rings. The molecule has 27 heavy (non-hydrogen) atoms. The predicted molar refractivity (Wildman–Crippen MR) is 108 cm³/mol. The van der Waals surface area contributed by atoms with Crippen molar-refractivity contribution in [1.82, 2.24) is 19.9 Å². The van der Waals surface area contributed by atoms with Gasteiger partial charge in [0, 0.05) is 32.0 Å². The number of anilines is 2. The third-order valence-electron chi connectivity index (χ3n) is 6.02. The molecule has 0 atom stereocenters. The summed E-state index contributed by atoms with van der Waals surface area (Å²) in [5.74, 6) is 1.06. The van der Waals surface area contributed by atoms with E-state index in [-0.39, 0.29) is 0 Å². The number of nitrogens with one attached hydrogen (secondary N) is 1. The Morgan fingerprint density at radius 3 is 2.81 bits per heavy atom. The maximum Gasteiger partial charge on any atom is 0.226 e. The van der Waals surface area contributed by atoms with Gasteiger partial charge in [0.15, 0.2) is 5.65 Å². The number of fused-ring (bicyclic) bond motifs is 1. The van der Waals surface area contributed by atoms with Gasteiger partial charge >= 0.3 is 0 Å². The average Bonchev–Trinajstić information content (AvgIpc) is 3.00. The highest BCUT2D eigenvalue weighted by atomic mass is 16.5. The summed E-state index contributed by atoms with van der Waals surface area (Å²) in [6, 6.07) is 2.01. The van der Waals surface area contributed by atoms with Gasteiger partial charge in [-0.15, -0.1) is 0 Å². The van der Waals surface area contributed by atoms with E-state index in [1.54, 1.807) is 0 Å². The predicted octanol–water partition coefficient (Wildman–Crippen LogP) is 2.53. The van der Waals surface area contributed by atoms with Crippen LogP contribution >= 0.6 is 0 Å². The van der Waals surface area contributed by atoms with Crippen molar-refractivity contribution in [1.29, 1.82) is 0 Å². The Labute approximate surface area is 160 Å². The van der Waals surface area contributed by atoms with Crippen molar-refractivity contribution in [2.24, 2.45) is 5.41 Å². The molecule has 1 spiro atoms. The van der Waals surface area contributed by atoms with E-state index in [1.807, 2.05) is 19.9 Å². The van der Waals surface area contributed by atoms with E-state index in [4.69, 9.17) is 10.5 Å². The zero-order valence-corrected chi connectivity index (χ0v) is 16.4. The molecule has 2 aromatic heterocycles. The van der Waals surface area contributed by atoms with Gasteiger partial charge in [0.25, 0.3) is 0 Å². The Kier molecular flexibility index (Phi) is 5.14. The van der Waals surface area contributed by atoms with E-state index in [9.17, 15) is 0 Å². The first kappa shape index (κ1) is 18.4. The zero-order valence-electron chi connectivity index (χ0n) is 16.4. The van der Waals surface area contributed by atoms with E-state index < -0.39 is 0 Å². The van der Waals surface area contributed by atoms with Crippen LogP contribution in [0.5, 0.6) is 0 Å². The Balaban J connectivity index is 1.31. The van der Waals surface area contributed by atoms with Crippen molar-refractivity contribution in [2.75, 3.05) is 50.4 Å². The average molecular weight is 371 g/mol. The minimum absolute atomic E-state index is 0.494. The van der Waals surface area contributed by atoms with Gasteiger partial charge in [0.1, 0.15) is 5.82 Å². The largest absolute Gasteiger partial charge is 0.383 e. The van der Waals surface area contributed by atoms with Crippen LogP contribution in [-0.4, -0.2) is 59.2 Å². The van der Waals surface area contributed by atoms with Crippen molar-refractivity contribution in [3.63, 3.8) is 0 Å². The zero-order chi connectivity index (χ0) is 18.9. The monoisotopic (exact) mass is 370 g/mol. The third-order valence-corrected chi connectivity index (χ3v) is 6.02. The number of ether oxygens (including phenoxy) is 1. The lowest BCUT2D eigenvalue weighted by Crippen LogP contribution is -2.33. The number of hydrogen-bond donors (Lipinski definition) is 2. The standard InChI is InChI=1S/C20H30N6O/c1-14-12-15(2)23-18-16(14)17(21)24-19(25-18)22-7-3-8-26-9-4-20(13-26)5-10-27-11-6-20/h12H,3-11,13H2,1-2H3,(H3,21,22,23,24,25). The number of pyridine rings is 1. The topological polar surface area (TPSA) is 89.2 Å². The van der Waals surface area contributed by atoms with E-state index in [0.29, 0.717) is 22.8 Å². The molecular weight excluding hydrogens is 340 g/mol. The lowest BCUT2D eigenvalue weighted by Gasteiger charge is -2.33. The molecule has 2 saturated heterocycles. The van der Waals surface area contributed by atoms with Gasteiger partial charge in [0.05, 0.1) is 5.39 Å². The highest BCUT2D eigenvalue weighted by Gasteiger charge is 2.38. The van der Waals surface area contributed by atoms with Gasteiger partial charge in [-0.25, -0.2) is 4.98 Å². The van der Waals surface area contributed by atoms with Crippen LogP contribution in [0.1, 0.15) is 36.9 Å². The molecule has 2 aromatic rings. The summed E-state index contributed by atoms with van der Waals surface area (Å²) in [4.78, 5) is 16.1. The highest BCUT2D eigenvalue weighted by Crippen LogP contribution is 2.39. The summed E-state index contributed by atoms with van der Waals surface area (Å²) in [5.41, 5.74) is 9.34. The van der Waals surface area contributed by atoms with E-state index in [0.717, 1.165) is 49.4 Å². The fourth-order valence-corrected chi connectivity index (χ4v) is 4.52. The quantitative estimate of drug-likeness (QED) is 0.782. The Hall–Kier alpha value is -1.99. The van der Waals surface area contributed by atoms with Crippen LogP contribution in [-0.2, 0) is 4.74 Å². The van der Waals surface area contributed by atoms with Gasteiger partial charge in [0.2, 0.25) is 5.95 Å². The number of aryl methyl sites for hydroxylation is 2. The van der Waals surface area contributed by atoms with Crippen LogP contribution in [0.25, 0.3) is 11.0 Å². The Morgan fingerprint density at radius 1 is 1.19 bits per heavy atom. The van der Waals surface area contributed by atoms with Gasteiger partial charge in [-0.3, -0.25) is 0 Å². The first-order valence-electron chi connectivity index (χ1n) is 10.0. The molecule has 0 unspecified atom stereocenters. The molecule has 0 aromatic carbocycles. The number of nitrogen functional groups attached to an aromatic ring is 1. The van der Waals surface area contributed by atoms with Crippen molar-refractivity contribution in [3.05, 3.63) is 17.3 Å². The van der Waals surface area contributed by atoms with Crippen LogP contribution in [0.15, 0.2) is 6.07 Å². The molecule has 7 nitrogen and oxygen atoms in total. The molecule has 0 aliphatic carbocycles. The van der Waals surface area contributed by atoms with Crippen LogP contribution < -0.4 is 11.1 Å². The minimum Gasteiger partial charge on any atom is -0.383 e. The molecule has 146 valence electrons. The lowest BCUT2D eigenvalue weighted by molar-refractivity contribution is 0.0194. The molecule has 4 heterocycles. The number of hydrogen-bond acceptors (Lipinski definition) is 7. The molecule has 0 bridgehead atoms. The smallest absolute Gasteiger partial charge is 0.226 e. The number of aromatic nitrogens is 3. The van der Waals surface area contributed by atoms with E-state index in [1.165, 1.54) is 32.4 Å². The Morgan fingerprint density at radius 2 is 2.00 bits per heavy atom. The molecule has 4 rings (SSSR count). The van der Waals surface area contributed by atoms with E-state index in [2.05, 4.69) is 25.2 Å². The molecule has 0 saturated carbocycles. The summed E-state index contributed by atoms with van der Waals surface area (Å²) >= 11 is 0. The third kappa shape index (κ3) is 3.99. The maximum atomic E-state index is 6.14. The first-order valence-corrected chi connectivity index (χ1v) is 10.0.